The molecule has 1 rings (SSSR count). The lowest BCUT2D eigenvalue weighted by molar-refractivity contribution is -0.703. The summed E-state index contributed by atoms with van der Waals surface area (Å²) < 4.78 is 1.99. The molecule has 1 heterocycles. The lowest BCUT2D eigenvalue weighted by Crippen LogP contribution is -2.38. The summed E-state index contributed by atoms with van der Waals surface area (Å²) >= 11 is 0. The fraction of sp³-hybridized carbons (Fsp3) is 0.455. The van der Waals surface area contributed by atoms with Gasteiger partial charge in [-0.1, -0.05) is 13.3 Å². The summed E-state index contributed by atoms with van der Waals surface area (Å²) in [4.78, 5) is 10.8. The molecule has 0 fully saturated rings. The van der Waals surface area contributed by atoms with Crippen molar-refractivity contribution in [2.24, 2.45) is 0 Å². The van der Waals surface area contributed by atoms with E-state index in [9.17, 15) is 4.79 Å². The van der Waals surface area contributed by atoms with Crippen LogP contribution in [0.15, 0.2) is 18.3 Å². The van der Waals surface area contributed by atoms with Crippen molar-refractivity contribution in [2.75, 3.05) is 0 Å². The molecule has 0 bridgehead atoms. The van der Waals surface area contributed by atoms with Crippen molar-refractivity contribution >= 4 is 5.97 Å². The maximum absolute atomic E-state index is 10.8. The maximum Gasteiger partial charge on any atom is 0.342 e. The molecule has 1 aromatic heterocycles. The summed E-state index contributed by atoms with van der Waals surface area (Å²) in [7, 11) is 0. The molecule has 0 aliphatic heterocycles. The first-order valence-electron chi connectivity index (χ1n) is 4.89. The van der Waals surface area contributed by atoms with Crippen LogP contribution in [0, 0.1) is 6.92 Å². The van der Waals surface area contributed by atoms with Crippen molar-refractivity contribution in [3.05, 3.63) is 29.6 Å². The van der Waals surface area contributed by atoms with E-state index in [0.29, 0.717) is 5.56 Å². The second-order valence-corrected chi connectivity index (χ2v) is 3.36. The number of hydrogen-bond donors (Lipinski definition) is 1. The van der Waals surface area contributed by atoms with E-state index in [0.717, 1.165) is 25.1 Å². The first-order chi connectivity index (χ1) is 6.66. The molecule has 0 spiro atoms. The van der Waals surface area contributed by atoms with Crippen LogP contribution in [0.25, 0.3) is 0 Å². The summed E-state index contributed by atoms with van der Waals surface area (Å²) in [5, 5.41) is 8.90. The van der Waals surface area contributed by atoms with Crippen LogP contribution in [0.4, 0.5) is 0 Å². The molecular weight excluding hydrogens is 178 g/mol. The van der Waals surface area contributed by atoms with E-state index in [4.69, 9.17) is 5.11 Å². The van der Waals surface area contributed by atoms with Crippen LogP contribution in [-0.2, 0) is 6.54 Å². The van der Waals surface area contributed by atoms with E-state index in [-0.39, 0.29) is 0 Å². The van der Waals surface area contributed by atoms with Gasteiger partial charge >= 0.3 is 5.97 Å². The van der Waals surface area contributed by atoms with Gasteiger partial charge in [-0.2, -0.15) is 0 Å². The van der Waals surface area contributed by atoms with Gasteiger partial charge in [0, 0.05) is 19.4 Å². The van der Waals surface area contributed by atoms with E-state index < -0.39 is 5.97 Å². The number of carboxylic acids is 1. The average Bonchev–Trinajstić information content (AvgIpc) is 2.16. The van der Waals surface area contributed by atoms with Gasteiger partial charge in [0.05, 0.1) is 0 Å². The summed E-state index contributed by atoms with van der Waals surface area (Å²) in [6.45, 7) is 4.86. The van der Waals surface area contributed by atoms with Gasteiger partial charge < -0.3 is 5.11 Å². The number of pyridine rings is 1. The Kier molecular flexibility index (Phi) is 3.63. The van der Waals surface area contributed by atoms with Crippen molar-refractivity contribution in [2.45, 2.75) is 33.2 Å². The van der Waals surface area contributed by atoms with Crippen LogP contribution < -0.4 is 4.57 Å². The van der Waals surface area contributed by atoms with Crippen molar-refractivity contribution in [1.82, 2.24) is 0 Å². The van der Waals surface area contributed by atoms with Crippen LogP contribution in [0.2, 0.25) is 0 Å². The average molecular weight is 194 g/mol. The van der Waals surface area contributed by atoms with Gasteiger partial charge in [-0.3, -0.25) is 0 Å². The Morgan fingerprint density at radius 1 is 1.57 bits per heavy atom. The summed E-state index contributed by atoms with van der Waals surface area (Å²) in [6, 6.07) is 3.42. The summed E-state index contributed by atoms with van der Waals surface area (Å²) in [5.41, 5.74) is 1.22. The zero-order valence-electron chi connectivity index (χ0n) is 8.66. The van der Waals surface area contributed by atoms with Crippen LogP contribution in [0.3, 0.4) is 0 Å². The zero-order chi connectivity index (χ0) is 10.6. The number of carbonyl (C=O) groups is 1. The predicted octanol–water partition coefficient (Wildman–Crippen LogP) is 1.78. The van der Waals surface area contributed by atoms with Gasteiger partial charge in [-0.15, -0.1) is 0 Å². The maximum atomic E-state index is 10.8. The molecule has 1 N–H and O–H groups in total. The molecule has 3 heteroatoms. The molecule has 3 nitrogen and oxygen atoms in total. The highest BCUT2D eigenvalue weighted by Gasteiger charge is 2.15. The van der Waals surface area contributed by atoms with E-state index in [1.807, 2.05) is 17.7 Å². The zero-order valence-corrected chi connectivity index (χ0v) is 8.66. The van der Waals surface area contributed by atoms with Gasteiger partial charge in [0.1, 0.15) is 12.1 Å². The minimum Gasteiger partial charge on any atom is -0.477 e. The van der Waals surface area contributed by atoms with Gasteiger partial charge in [0.25, 0.3) is 0 Å². The van der Waals surface area contributed by atoms with Crippen LogP contribution in [0.5, 0.6) is 0 Å². The second kappa shape index (κ2) is 4.74. The SMILES string of the molecule is CCCC[n+]1cccc(C(=O)O)c1C. The third kappa shape index (κ3) is 2.31. The number of carboxylic acid groups (broad SMARTS) is 1. The summed E-state index contributed by atoms with van der Waals surface area (Å²) in [5.74, 6) is -0.853. The normalized spacial score (nSPS) is 10.1. The van der Waals surface area contributed by atoms with Gasteiger partial charge in [-0.25, -0.2) is 9.36 Å². The molecule has 0 aliphatic rings. The molecule has 0 aliphatic carbocycles. The Bertz CT molecular complexity index is 334. The van der Waals surface area contributed by atoms with Crippen LogP contribution in [-0.4, -0.2) is 11.1 Å². The lowest BCUT2D eigenvalue weighted by atomic mass is 10.2. The largest absolute Gasteiger partial charge is 0.477 e. The van der Waals surface area contributed by atoms with Crippen LogP contribution >= 0.6 is 0 Å². The lowest BCUT2D eigenvalue weighted by Gasteiger charge is -2.01. The molecule has 0 radical (unpaired) electrons. The molecule has 1 aromatic rings. The highest BCUT2D eigenvalue weighted by atomic mass is 16.4. The Labute approximate surface area is 84.0 Å². The quantitative estimate of drug-likeness (QED) is 0.742. The fourth-order valence-electron chi connectivity index (χ4n) is 1.43. The Morgan fingerprint density at radius 2 is 2.29 bits per heavy atom. The van der Waals surface area contributed by atoms with Gasteiger partial charge in [0.15, 0.2) is 11.9 Å². The van der Waals surface area contributed by atoms with E-state index in [2.05, 4.69) is 6.92 Å². The van der Waals surface area contributed by atoms with Crippen molar-refractivity contribution in [3.63, 3.8) is 0 Å². The van der Waals surface area contributed by atoms with Crippen LogP contribution in [0.1, 0.15) is 35.8 Å². The molecule has 14 heavy (non-hydrogen) atoms. The number of nitrogens with zero attached hydrogens (tertiary/aromatic N) is 1. The monoisotopic (exact) mass is 194 g/mol. The minimum absolute atomic E-state index is 0.392. The van der Waals surface area contributed by atoms with E-state index >= 15 is 0 Å². The van der Waals surface area contributed by atoms with E-state index in [1.165, 1.54) is 0 Å². The number of unbranched alkanes of at least 4 members (excludes halogenated alkanes) is 1. The van der Waals surface area contributed by atoms with Gasteiger partial charge in [0.2, 0.25) is 0 Å². The second-order valence-electron chi connectivity index (χ2n) is 3.36. The Balaban J connectivity index is 2.95. The highest BCUT2D eigenvalue weighted by molar-refractivity contribution is 5.88. The molecule has 0 saturated heterocycles. The smallest absolute Gasteiger partial charge is 0.342 e. The fourth-order valence-corrected chi connectivity index (χ4v) is 1.43. The van der Waals surface area contributed by atoms with Crippen molar-refractivity contribution in [3.8, 4) is 0 Å². The third-order valence-corrected chi connectivity index (χ3v) is 2.33. The molecule has 0 amide bonds. The van der Waals surface area contributed by atoms with Gasteiger partial charge in [-0.05, 0) is 6.07 Å². The Hall–Kier alpha value is -1.38. The number of aryl methyl sites for hydroxylation is 1. The summed E-state index contributed by atoms with van der Waals surface area (Å²) in [6.07, 6.45) is 4.12. The molecule has 0 atom stereocenters. The third-order valence-electron chi connectivity index (χ3n) is 2.33. The Morgan fingerprint density at radius 3 is 2.86 bits per heavy atom. The topological polar surface area (TPSA) is 41.2 Å². The predicted molar refractivity (Wildman–Crippen MR) is 53.2 cm³/mol. The number of rotatable bonds is 4. The number of hydrogen-bond acceptors (Lipinski definition) is 1. The molecule has 0 saturated carbocycles. The van der Waals surface area contributed by atoms with E-state index in [1.54, 1.807) is 12.1 Å². The number of aromatic nitrogens is 1. The van der Waals surface area contributed by atoms with Crippen molar-refractivity contribution < 1.29 is 14.5 Å². The molecular formula is C11H16NO2+. The molecule has 0 aromatic carbocycles. The minimum atomic E-state index is -0.853. The first-order valence-corrected chi connectivity index (χ1v) is 4.89. The first kappa shape index (κ1) is 10.7. The number of aromatic carboxylic acids is 1. The standard InChI is InChI=1S/C11H15NO2/c1-3-4-7-12-8-5-6-10(9(12)2)11(13)14/h5-6,8H,3-4,7H2,1-2H3/p+1. The molecule has 0 unspecified atom stereocenters. The highest BCUT2D eigenvalue weighted by Crippen LogP contribution is 2.02. The molecule has 76 valence electrons. The van der Waals surface area contributed by atoms with Crippen molar-refractivity contribution in [1.29, 1.82) is 0 Å².